The first-order valence-electron chi connectivity index (χ1n) is 10.1. The van der Waals surface area contributed by atoms with Gasteiger partial charge in [-0.25, -0.2) is 9.97 Å². The van der Waals surface area contributed by atoms with Crippen LogP contribution in [0.25, 0.3) is 0 Å². The van der Waals surface area contributed by atoms with Crippen molar-refractivity contribution in [2.45, 2.75) is 50.3 Å². The Bertz CT molecular complexity index is 779. The lowest BCUT2D eigenvalue weighted by Crippen LogP contribution is -2.36. The molecule has 2 aliphatic carbocycles. The van der Waals surface area contributed by atoms with Gasteiger partial charge in [-0.2, -0.15) is 0 Å². The fourth-order valence-electron chi connectivity index (χ4n) is 4.28. The Kier molecular flexibility index (Phi) is 5.90. The molecule has 0 amide bonds. The third-order valence-corrected chi connectivity index (χ3v) is 6.11. The maximum absolute atomic E-state index is 10.5. The summed E-state index contributed by atoms with van der Waals surface area (Å²) in [5.74, 6) is 2.31. The molecule has 150 valence electrons. The average molecular weight is 383 g/mol. The van der Waals surface area contributed by atoms with E-state index in [1.54, 1.807) is 7.11 Å². The van der Waals surface area contributed by atoms with Gasteiger partial charge in [-0.1, -0.05) is 12.1 Å². The average Bonchev–Trinajstić information content (AvgIpc) is 3.53. The number of rotatable bonds is 8. The lowest BCUT2D eigenvalue weighted by molar-refractivity contribution is 0.0716. The quantitative estimate of drug-likeness (QED) is 0.647. The zero-order valence-corrected chi connectivity index (χ0v) is 16.3. The summed E-state index contributed by atoms with van der Waals surface area (Å²) in [4.78, 5) is 9.15. The van der Waals surface area contributed by atoms with E-state index in [1.165, 1.54) is 18.4 Å². The summed E-state index contributed by atoms with van der Waals surface area (Å²) in [5.41, 5.74) is 2.17. The monoisotopic (exact) mass is 383 g/mol. The van der Waals surface area contributed by atoms with Crippen LogP contribution >= 0.6 is 0 Å². The molecule has 2 aromatic rings. The molecule has 0 radical (unpaired) electrons. The maximum Gasteiger partial charge on any atom is 0.131 e. The Morgan fingerprint density at radius 3 is 2.61 bits per heavy atom. The summed E-state index contributed by atoms with van der Waals surface area (Å²) in [6.45, 7) is 0.709. The summed E-state index contributed by atoms with van der Waals surface area (Å²) in [7, 11) is 1.66. The van der Waals surface area contributed by atoms with Gasteiger partial charge in [0, 0.05) is 42.9 Å². The van der Waals surface area contributed by atoms with Crippen molar-refractivity contribution < 1.29 is 14.9 Å². The molecule has 2 aliphatic rings. The number of ether oxygens (including phenoxy) is 1. The largest absolute Gasteiger partial charge is 0.497 e. The molecule has 2 saturated carbocycles. The van der Waals surface area contributed by atoms with Gasteiger partial charge in [-0.3, -0.25) is 0 Å². The first kappa shape index (κ1) is 19.3. The predicted molar refractivity (Wildman–Crippen MR) is 106 cm³/mol. The lowest BCUT2D eigenvalue weighted by Gasteiger charge is -2.25. The molecule has 4 rings (SSSR count). The third-order valence-electron chi connectivity index (χ3n) is 6.11. The predicted octanol–water partition coefficient (Wildman–Crippen LogP) is 2.05. The lowest BCUT2D eigenvalue weighted by atomic mass is 9.88. The molecular weight excluding hydrogens is 354 g/mol. The number of nitrogens with zero attached hydrogens (tertiary/aromatic N) is 2. The molecular formula is C22H29N3O3. The van der Waals surface area contributed by atoms with Gasteiger partial charge in [-0.15, -0.1) is 0 Å². The van der Waals surface area contributed by atoms with E-state index in [2.05, 4.69) is 10.3 Å². The number of aliphatic hydroxyl groups excluding tert-OH is 2. The van der Waals surface area contributed by atoms with Crippen molar-refractivity contribution in [3.8, 4) is 5.75 Å². The smallest absolute Gasteiger partial charge is 0.131 e. The number of methoxy groups -OCH3 is 1. The molecule has 0 spiro atoms. The van der Waals surface area contributed by atoms with E-state index in [1.807, 2.05) is 36.5 Å². The van der Waals surface area contributed by atoms with Crippen LogP contribution in [0.4, 0.5) is 0 Å². The molecule has 0 unspecified atom stereocenters. The summed E-state index contributed by atoms with van der Waals surface area (Å²) < 4.78 is 5.21. The van der Waals surface area contributed by atoms with Crippen molar-refractivity contribution in [1.29, 1.82) is 0 Å². The SMILES string of the molecule is COc1ccc(CN[C@@H]2C[C@@H](O)[C@H](CO)[C@H]2Cc2ccnc(C3CC3)n2)cc1. The van der Waals surface area contributed by atoms with E-state index >= 15 is 0 Å². The number of hydrogen-bond donors (Lipinski definition) is 3. The van der Waals surface area contributed by atoms with E-state index in [-0.39, 0.29) is 24.5 Å². The molecule has 6 heteroatoms. The van der Waals surface area contributed by atoms with Crippen LogP contribution in [0.1, 0.15) is 42.3 Å². The maximum atomic E-state index is 10.5. The second-order valence-electron chi connectivity index (χ2n) is 8.03. The highest BCUT2D eigenvalue weighted by molar-refractivity contribution is 5.27. The minimum Gasteiger partial charge on any atom is -0.497 e. The second-order valence-corrected chi connectivity index (χ2v) is 8.03. The third kappa shape index (κ3) is 4.35. The molecule has 1 aromatic heterocycles. The zero-order chi connectivity index (χ0) is 19.5. The molecule has 3 N–H and O–H groups in total. The van der Waals surface area contributed by atoms with Crippen LogP contribution < -0.4 is 10.1 Å². The van der Waals surface area contributed by atoms with Gasteiger partial charge < -0.3 is 20.3 Å². The van der Waals surface area contributed by atoms with Crippen LogP contribution in [0.3, 0.4) is 0 Å². The number of aromatic nitrogens is 2. The summed E-state index contributed by atoms with van der Waals surface area (Å²) in [5, 5.41) is 23.9. The number of benzene rings is 1. The van der Waals surface area contributed by atoms with E-state index < -0.39 is 6.10 Å². The molecule has 2 fully saturated rings. The van der Waals surface area contributed by atoms with Gasteiger partial charge >= 0.3 is 0 Å². The molecule has 4 atom stereocenters. The molecule has 1 heterocycles. The fraction of sp³-hybridized carbons (Fsp3) is 0.545. The fourth-order valence-corrected chi connectivity index (χ4v) is 4.28. The summed E-state index contributed by atoms with van der Waals surface area (Å²) >= 11 is 0. The normalized spacial score (nSPS) is 27.1. The summed E-state index contributed by atoms with van der Waals surface area (Å²) in [6, 6.07) is 10.1. The highest BCUT2D eigenvalue weighted by atomic mass is 16.5. The molecule has 6 nitrogen and oxygen atoms in total. The number of hydrogen-bond acceptors (Lipinski definition) is 6. The van der Waals surface area contributed by atoms with Crippen molar-refractivity contribution in [3.63, 3.8) is 0 Å². The van der Waals surface area contributed by atoms with Gasteiger partial charge in [0.25, 0.3) is 0 Å². The minimum atomic E-state index is -0.492. The van der Waals surface area contributed by atoms with Gasteiger partial charge in [0.2, 0.25) is 0 Å². The van der Waals surface area contributed by atoms with E-state index in [0.717, 1.165) is 23.7 Å². The van der Waals surface area contributed by atoms with Crippen LogP contribution in [0.5, 0.6) is 5.75 Å². The first-order valence-corrected chi connectivity index (χ1v) is 10.1. The van der Waals surface area contributed by atoms with Crippen LogP contribution in [-0.4, -0.2) is 46.0 Å². The molecule has 0 aliphatic heterocycles. The number of nitrogens with one attached hydrogen (secondary N) is 1. The van der Waals surface area contributed by atoms with Gasteiger partial charge in [-0.05, 0) is 55.4 Å². The standard InChI is InChI=1S/C22H29N3O3/c1-28-17-6-2-14(3-7-17)12-24-20-11-21(27)19(13-26)18(20)10-16-8-9-23-22(25-16)15-4-5-15/h2-3,6-9,15,18-21,24,26-27H,4-5,10-13H2,1H3/t18-,19-,20-,21-/m1/s1. The molecule has 1 aromatic carbocycles. The van der Waals surface area contributed by atoms with E-state index in [0.29, 0.717) is 18.9 Å². The van der Waals surface area contributed by atoms with Crippen LogP contribution in [0, 0.1) is 11.8 Å². The second kappa shape index (κ2) is 8.55. The van der Waals surface area contributed by atoms with Crippen LogP contribution in [0.15, 0.2) is 36.5 Å². The Hall–Kier alpha value is -2.02. The van der Waals surface area contributed by atoms with Crippen molar-refractivity contribution in [1.82, 2.24) is 15.3 Å². The minimum absolute atomic E-state index is 0.00683. The topological polar surface area (TPSA) is 87.5 Å². The van der Waals surface area contributed by atoms with Gasteiger partial charge in [0.05, 0.1) is 13.2 Å². The van der Waals surface area contributed by atoms with Crippen molar-refractivity contribution in [2.24, 2.45) is 11.8 Å². The van der Waals surface area contributed by atoms with Crippen LogP contribution in [0.2, 0.25) is 0 Å². The van der Waals surface area contributed by atoms with E-state index in [9.17, 15) is 10.2 Å². The van der Waals surface area contributed by atoms with Gasteiger partial charge in [0.15, 0.2) is 0 Å². The zero-order valence-electron chi connectivity index (χ0n) is 16.3. The summed E-state index contributed by atoms with van der Waals surface area (Å²) in [6.07, 6.45) is 5.09. The Balaban J connectivity index is 1.44. The van der Waals surface area contributed by atoms with Crippen molar-refractivity contribution >= 4 is 0 Å². The Morgan fingerprint density at radius 1 is 1.14 bits per heavy atom. The Labute approximate surface area is 166 Å². The van der Waals surface area contributed by atoms with Crippen LogP contribution in [-0.2, 0) is 13.0 Å². The van der Waals surface area contributed by atoms with E-state index in [4.69, 9.17) is 9.72 Å². The van der Waals surface area contributed by atoms with Gasteiger partial charge in [0.1, 0.15) is 11.6 Å². The highest BCUT2D eigenvalue weighted by Gasteiger charge is 2.42. The first-order chi connectivity index (χ1) is 13.7. The molecule has 0 saturated heterocycles. The van der Waals surface area contributed by atoms with Crippen molar-refractivity contribution in [3.05, 3.63) is 53.6 Å². The molecule has 0 bridgehead atoms. The highest BCUT2D eigenvalue weighted by Crippen LogP contribution is 2.39. The number of aliphatic hydroxyl groups is 2. The van der Waals surface area contributed by atoms with Crippen molar-refractivity contribution in [2.75, 3.05) is 13.7 Å². The Morgan fingerprint density at radius 2 is 1.93 bits per heavy atom. The molecule has 28 heavy (non-hydrogen) atoms.